The van der Waals surface area contributed by atoms with Crippen molar-refractivity contribution in [3.05, 3.63) is 22.3 Å². The van der Waals surface area contributed by atoms with Crippen LogP contribution in [0, 0.1) is 12.8 Å². The van der Waals surface area contributed by atoms with Crippen molar-refractivity contribution >= 4 is 15.9 Å². The molecule has 0 unspecified atom stereocenters. The third kappa shape index (κ3) is 3.35. The summed E-state index contributed by atoms with van der Waals surface area (Å²) in [4.78, 5) is 4.18. The van der Waals surface area contributed by atoms with E-state index in [0.29, 0.717) is 5.92 Å². The van der Waals surface area contributed by atoms with E-state index in [-0.39, 0.29) is 0 Å². The highest BCUT2D eigenvalue weighted by Gasteiger charge is 2.02. The van der Waals surface area contributed by atoms with Crippen LogP contribution in [0.15, 0.2) is 16.7 Å². The van der Waals surface area contributed by atoms with Gasteiger partial charge in [0.2, 0.25) is 5.88 Å². The van der Waals surface area contributed by atoms with E-state index in [1.165, 1.54) is 0 Å². The van der Waals surface area contributed by atoms with Crippen LogP contribution in [-0.2, 0) is 0 Å². The van der Waals surface area contributed by atoms with Crippen molar-refractivity contribution in [3.63, 3.8) is 0 Å². The minimum absolute atomic E-state index is 0.532. The van der Waals surface area contributed by atoms with Gasteiger partial charge in [-0.3, -0.25) is 0 Å². The third-order valence-electron chi connectivity index (χ3n) is 1.55. The Morgan fingerprint density at radius 1 is 1.54 bits per heavy atom. The first-order valence-corrected chi connectivity index (χ1v) is 5.14. The molecule has 0 N–H and O–H groups in total. The Balaban J connectivity index is 2.67. The monoisotopic (exact) mass is 243 g/mol. The molecule has 0 aliphatic carbocycles. The van der Waals surface area contributed by atoms with Crippen molar-refractivity contribution < 1.29 is 4.74 Å². The van der Waals surface area contributed by atoms with E-state index in [9.17, 15) is 0 Å². The Morgan fingerprint density at radius 2 is 2.23 bits per heavy atom. The van der Waals surface area contributed by atoms with Gasteiger partial charge in [-0.2, -0.15) is 0 Å². The number of aromatic nitrogens is 1. The maximum Gasteiger partial charge on any atom is 0.216 e. The number of pyridine rings is 1. The van der Waals surface area contributed by atoms with Gasteiger partial charge in [-0.05, 0) is 34.8 Å². The SMILES string of the molecule is Cc1cc(Br)cnc1OCC(C)C. The van der Waals surface area contributed by atoms with Crippen LogP contribution in [-0.4, -0.2) is 11.6 Å². The lowest BCUT2D eigenvalue weighted by Crippen LogP contribution is -2.06. The zero-order chi connectivity index (χ0) is 9.84. The number of halogens is 1. The lowest BCUT2D eigenvalue weighted by Gasteiger charge is -2.09. The second-order valence-corrected chi connectivity index (χ2v) is 4.40. The first-order valence-electron chi connectivity index (χ1n) is 4.34. The second kappa shape index (κ2) is 4.61. The van der Waals surface area contributed by atoms with E-state index < -0.39 is 0 Å². The standard InChI is InChI=1S/C10H14BrNO/c1-7(2)6-13-10-8(3)4-9(11)5-12-10/h4-5,7H,6H2,1-3H3. The minimum Gasteiger partial charge on any atom is -0.477 e. The number of nitrogens with zero attached hydrogens (tertiary/aromatic N) is 1. The summed E-state index contributed by atoms with van der Waals surface area (Å²) >= 11 is 3.36. The first kappa shape index (κ1) is 10.5. The molecule has 1 aromatic rings. The maximum atomic E-state index is 5.52. The van der Waals surface area contributed by atoms with E-state index in [1.54, 1.807) is 6.20 Å². The Kier molecular flexibility index (Phi) is 3.72. The molecule has 2 nitrogen and oxygen atoms in total. The van der Waals surface area contributed by atoms with Gasteiger partial charge in [0.1, 0.15) is 0 Å². The summed E-state index contributed by atoms with van der Waals surface area (Å²) in [5.74, 6) is 1.27. The molecule has 72 valence electrons. The summed E-state index contributed by atoms with van der Waals surface area (Å²) in [5, 5.41) is 0. The lowest BCUT2D eigenvalue weighted by atomic mass is 10.2. The van der Waals surface area contributed by atoms with Gasteiger partial charge in [0.05, 0.1) is 6.61 Å². The summed E-state index contributed by atoms with van der Waals surface area (Å²) in [6.45, 7) is 6.95. The molecule has 13 heavy (non-hydrogen) atoms. The molecule has 3 heteroatoms. The molecular weight excluding hydrogens is 230 g/mol. The molecule has 0 amide bonds. The van der Waals surface area contributed by atoms with Gasteiger partial charge in [-0.15, -0.1) is 0 Å². The molecule has 0 atom stereocenters. The smallest absolute Gasteiger partial charge is 0.216 e. The molecule has 0 saturated carbocycles. The molecule has 1 aromatic heterocycles. The topological polar surface area (TPSA) is 22.1 Å². The number of rotatable bonds is 3. The average Bonchev–Trinajstić information content (AvgIpc) is 2.02. The molecule has 1 rings (SSSR count). The van der Waals surface area contributed by atoms with Crippen molar-refractivity contribution in [2.75, 3.05) is 6.61 Å². The molecule has 0 bridgehead atoms. The number of hydrogen-bond donors (Lipinski definition) is 0. The summed E-state index contributed by atoms with van der Waals surface area (Å²) in [6, 6.07) is 2.00. The lowest BCUT2D eigenvalue weighted by molar-refractivity contribution is 0.259. The first-order chi connectivity index (χ1) is 6.09. The number of aryl methyl sites for hydroxylation is 1. The molecule has 0 fully saturated rings. The van der Waals surface area contributed by atoms with Gasteiger partial charge in [0, 0.05) is 16.2 Å². The quantitative estimate of drug-likeness (QED) is 0.814. The summed E-state index contributed by atoms with van der Waals surface area (Å²) in [6.07, 6.45) is 1.75. The Labute approximate surface area is 87.5 Å². The molecule has 0 aliphatic heterocycles. The highest BCUT2D eigenvalue weighted by Crippen LogP contribution is 2.18. The van der Waals surface area contributed by atoms with E-state index in [2.05, 4.69) is 34.8 Å². The molecular formula is C10H14BrNO. The van der Waals surface area contributed by atoms with Crippen molar-refractivity contribution in [3.8, 4) is 5.88 Å². The Morgan fingerprint density at radius 3 is 2.77 bits per heavy atom. The van der Waals surface area contributed by atoms with Gasteiger partial charge in [0.25, 0.3) is 0 Å². The Bertz CT molecular complexity index is 286. The Hall–Kier alpha value is -0.570. The van der Waals surface area contributed by atoms with Gasteiger partial charge >= 0.3 is 0 Å². The fourth-order valence-corrected chi connectivity index (χ4v) is 1.37. The number of ether oxygens (including phenoxy) is 1. The molecule has 1 heterocycles. The average molecular weight is 244 g/mol. The van der Waals surface area contributed by atoms with Crippen LogP contribution in [0.2, 0.25) is 0 Å². The van der Waals surface area contributed by atoms with Gasteiger partial charge < -0.3 is 4.74 Å². The zero-order valence-electron chi connectivity index (χ0n) is 8.17. The normalized spacial score (nSPS) is 10.5. The number of hydrogen-bond acceptors (Lipinski definition) is 2. The van der Waals surface area contributed by atoms with Gasteiger partial charge in [0.15, 0.2) is 0 Å². The minimum atomic E-state index is 0.532. The van der Waals surface area contributed by atoms with Crippen LogP contribution in [0.5, 0.6) is 5.88 Å². The van der Waals surface area contributed by atoms with Crippen LogP contribution >= 0.6 is 15.9 Å². The highest BCUT2D eigenvalue weighted by atomic mass is 79.9. The molecule has 0 aromatic carbocycles. The van der Waals surface area contributed by atoms with Crippen molar-refractivity contribution in [2.45, 2.75) is 20.8 Å². The zero-order valence-corrected chi connectivity index (χ0v) is 9.76. The predicted octanol–water partition coefficient (Wildman–Crippen LogP) is 3.19. The molecule has 0 spiro atoms. The highest BCUT2D eigenvalue weighted by molar-refractivity contribution is 9.10. The second-order valence-electron chi connectivity index (χ2n) is 3.48. The fraction of sp³-hybridized carbons (Fsp3) is 0.500. The van der Waals surface area contributed by atoms with E-state index in [4.69, 9.17) is 4.74 Å². The van der Waals surface area contributed by atoms with Gasteiger partial charge in [-0.25, -0.2) is 4.98 Å². The van der Waals surface area contributed by atoms with E-state index in [0.717, 1.165) is 22.5 Å². The van der Waals surface area contributed by atoms with Gasteiger partial charge in [-0.1, -0.05) is 13.8 Å². The van der Waals surface area contributed by atoms with Crippen LogP contribution in [0.25, 0.3) is 0 Å². The summed E-state index contributed by atoms with van der Waals surface area (Å²) in [7, 11) is 0. The van der Waals surface area contributed by atoms with Crippen LogP contribution < -0.4 is 4.74 Å². The fourth-order valence-electron chi connectivity index (χ4n) is 0.925. The van der Waals surface area contributed by atoms with Crippen molar-refractivity contribution in [1.82, 2.24) is 4.98 Å². The maximum absolute atomic E-state index is 5.52. The predicted molar refractivity (Wildman–Crippen MR) is 57.0 cm³/mol. The summed E-state index contributed by atoms with van der Waals surface area (Å²) in [5.41, 5.74) is 1.06. The largest absolute Gasteiger partial charge is 0.477 e. The molecule has 0 radical (unpaired) electrons. The molecule has 0 saturated heterocycles. The summed E-state index contributed by atoms with van der Waals surface area (Å²) < 4.78 is 6.51. The third-order valence-corrected chi connectivity index (χ3v) is 1.98. The van der Waals surface area contributed by atoms with Crippen LogP contribution in [0.3, 0.4) is 0 Å². The van der Waals surface area contributed by atoms with Crippen molar-refractivity contribution in [1.29, 1.82) is 0 Å². The van der Waals surface area contributed by atoms with E-state index >= 15 is 0 Å². The van der Waals surface area contributed by atoms with Crippen LogP contribution in [0.1, 0.15) is 19.4 Å². The van der Waals surface area contributed by atoms with Crippen LogP contribution in [0.4, 0.5) is 0 Å². The van der Waals surface area contributed by atoms with Crippen molar-refractivity contribution in [2.24, 2.45) is 5.92 Å². The van der Waals surface area contributed by atoms with E-state index in [1.807, 2.05) is 13.0 Å². The molecule has 0 aliphatic rings.